The first-order chi connectivity index (χ1) is 6.20. The van der Waals surface area contributed by atoms with Crippen molar-refractivity contribution >= 4 is 45.6 Å². The summed E-state index contributed by atoms with van der Waals surface area (Å²) in [6.07, 6.45) is 0. The molecule has 0 atom stereocenters. The fraction of sp³-hybridized carbons (Fsp3) is 0. The van der Waals surface area contributed by atoms with E-state index in [0.29, 0.717) is 15.1 Å². The summed E-state index contributed by atoms with van der Waals surface area (Å²) in [6, 6.07) is 9.19. The Hall–Kier alpha value is -0.430. The van der Waals surface area contributed by atoms with Crippen molar-refractivity contribution in [2.24, 2.45) is 0 Å². The van der Waals surface area contributed by atoms with Crippen LogP contribution in [0.1, 0.15) is 0 Å². The monoisotopic (exact) mass is 230 g/mol. The highest BCUT2D eigenvalue weighted by atomic mass is 35.5. The Bertz CT molecular complexity index is 463. The van der Waals surface area contributed by atoms with Crippen molar-refractivity contribution in [2.75, 3.05) is 0 Å². The minimum atomic E-state index is 0.552. The summed E-state index contributed by atoms with van der Waals surface area (Å²) in [7, 11) is 0. The molecule has 2 rings (SSSR count). The molecule has 13 heavy (non-hydrogen) atoms. The van der Waals surface area contributed by atoms with Crippen LogP contribution in [0, 0.1) is 0 Å². The number of hydrogen-bond donors (Lipinski definition) is 0. The van der Waals surface area contributed by atoms with Crippen molar-refractivity contribution in [3.63, 3.8) is 0 Å². The van der Waals surface area contributed by atoms with E-state index in [-0.39, 0.29) is 0 Å². The zero-order valence-corrected chi connectivity index (χ0v) is 8.79. The maximum Gasteiger partial charge on any atom is 0.0671 e. The van der Waals surface area contributed by atoms with Crippen LogP contribution < -0.4 is 0 Å². The van der Waals surface area contributed by atoms with Crippen LogP contribution in [0.2, 0.25) is 15.1 Å². The minimum absolute atomic E-state index is 0.552. The Balaban J connectivity index is 2.94. The van der Waals surface area contributed by atoms with Crippen molar-refractivity contribution in [1.29, 1.82) is 0 Å². The molecule has 0 heterocycles. The molecule has 0 aliphatic carbocycles. The van der Waals surface area contributed by atoms with Crippen LogP contribution in [0.3, 0.4) is 0 Å². The van der Waals surface area contributed by atoms with E-state index in [0.717, 1.165) is 10.8 Å². The molecule has 0 nitrogen and oxygen atoms in total. The van der Waals surface area contributed by atoms with Crippen LogP contribution in [-0.4, -0.2) is 0 Å². The second-order valence-electron chi connectivity index (χ2n) is 2.70. The third-order valence-electron chi connectivity index (χ3n) is 1.90. The predicted molar refractivity (Wildman–Crippen MR) is 59.0 cm³/mol. The average Bonchev–Trinajstić information content (AvgIpc) is 2.12. The highest BCUT2D eigenvalue weighted by Crippen LogP contribution is 2.33. The van der Waals surface area contributed by atoms with Crippen molar-refractivity contribution < 1.29 is 0 Å². The van der Waals surface area contributed by atoms with E-state index in [1.807, 2.05) is 24.3 Å². The molecule has 0 amide bonds. The molecular formula is C10H5Cl3. The summed E-state index contributed by atoms with van der Waals surface area (Å²) >= 11 is 17.9. The van der Waals surface area contributed by atoms with Crippen molar-refractivity contribution in [2.45, 2.75) is 0 Å². The second kappa shape index (κ2) is 3.38. The molecular weight excluding hydrogens is 226 g/mol. The predicted octanol–water partition coefficient (Wildman–Crippen LogP) is 4.80. The molecule has 0 aromatic heterocycles. The maximum absolute atomic E-state index is 6.01. The number of benzene rings is 2. The van der Waals surface area contributed by atoms with Gasteiger partial charge in [-0.1, -0.05) is 53.0 Å². The van der Waals surface area contributed by atoms with Crippen LogP contribution in [-0.2, 0) is 0 Å². The number of hydrogen-bond acceptors (Lipinski definition) is 0. The highest BCUT2D eigenvalue weighted by Gasteiger charge is 2.04. The summed E-state index contributed by atoms with van der Waals surface area (Å²) in [6.45, 7) is 0. The lowest BCUT2D eigenvalue weighted by Crippen LogP contribution is -1.76. The molecule has 2 aromatic rings. The SMILES string of the molecule is Clc1ccc2c(Cl)cccc2c1Cl. The van der Waals surface area contributed by atoms with Gasteiger partial charge in [0.1, 0.15) is 0 Å². The van der Waals surface area contributed by atoms with Crippen LogP contribution >= 0.6 is 34.8 Å². The molecule has 0 spiro atoms. The van der Waals surface area contributed by atoms with Gasteiger partial charge in [0.25, 0.3) is 0 Å². The largest absolute Gasteiger partial charge is 0.0837 e. The van der Waals surface area contributed by atoms with Gasteiger partial charge in [-0.05, 0) is 12.1 Å². The second-order valence-corrected chi connectivity index (χ2v) is 3.89. The van der Waals surface area contributed by atoms with Crippen LogP contribution in [0.5, 0.6) is 0 Å². The van der Waals surface area contributed by atoms with Crippen molar-refractivity contribution in [3.05, 3.63) is 45.4 Å². The smallest absolute Gasteiger partial charge is 0.0671 e. The van der Waals surface area contributed by atoms with Gasteiger partial charge in [0, 0.05) is 15.8 Å². The molecule has 66 valence electrons. The summed E-state index contributed by atoms with van der Waals surface area (Å²) < 4.78 is 0. The molecule has 2 aromatic carbocycles. The quantitative estimate of drug-likeness (QED) is 0.611. The van der Waals surface area contributed by atoms with Gasteiger partial charge in [0.05, 0.1) is 10.0 Å². The van der Waals surface area contributed by atoms with Gasteiger partial charge < -0.3 is 0 Å². The minimum Gasteiger partial charge on any atom is -0.0837 e. The van der Waals surface area contributed by atoms with E-state index in [9.17, 15) is 0 Å². The average molecular weight is 232 g/mol. The van der Waals surface area contributed by atoms with E-state index in [1.165, 1.54) is 0 Å². The van der Waals surface area contributed by atoms with Gasteiger partial charge in [0.15, 0.2) is 0 Å². The third-order valence-corrected chi connectivity index (χ3v) is 3.04. The van der Waals surface area contributed by atoms with Gasteiger partial charge in [0.2, 0.25) is 0 Å². The molecule has 0 bridgehead atoms. The summed E-state index contributed by atoms with van der Waals surface area (Å²) in [5.74, 6) is 0. The standard InChI is InChI=1S/C10H5Cl3/c11-8-3-1-2-7-6(8)4-5-9(12)10(7)13/h1-5H. The zero-order chi connectivity index (χ0) is 9.42. The Morgan fingerprint density at radius 1 is 0.692 bits per heavy atom. The van der Waals surface area contributed by atoms with Crippen LogP contribution in [0.25, 0.3) is 10.8 Å². The molecule has 0 unspecified atom stereocenters. The topological polar surface area (TPSA) is 0 Å². The first-order valence-corrected chi connectivity index (χ1v) is 4.86. The lowest BCUT2D eigenvalue weighted by Gasteiger charge is -2.03. The van der Waals surface area contributed by atoms with Gasteiger partial charge in [-0.15, -0.1) is 0 Å². The molecule has 0 N–H and O–H groups in total. The van der Waals surface area contributed by atoms with E-state index in [1.54, 1.807) is 6.07 Å². The Morgan fingerprint density at radius 3 is 2.23 bits per heavy atom. The molecule has 0 fully saturated rings. The molecule has 0 saturated carbocycles. The zero-order valence-electron chi connectivity index (χ0n) is 6.52. The Kier molecular flexibility index (Phi) is 2.37. The molecule has 3 heteroatoms. The highest BCUT2D eigenvalue weighted by molar-refractivity contribution is 6.46. The van der Waals surface area contributed by atoms with Crippen molar-refractivity contribution in [3.8, 4) is 0 Å². The lowest BCUT2D eigenvalue weighted by molar-refractivity contribution is 1.74. The fourth-order valence-electron chi connectivity index (χ4n) is 1.26. The van der Waals surface area contributed by atoms with Gasteiger partial charge in [-0.25, -0.2) is 0 Å². The third kappa shape index (κ3) is 1.50. The Morgan fingerprint density at radius 2 is 1.46 bits per heavy atom. The summed E-state index contributed by atoms with van der Waals surface area (Å²) in [4.78, 5) is 0. The van der Waals surface area contributed by atoms with E-state index in [2.05, 4.69) is 0 Å². The number of halogens is 3. The molecule has 0 radical (unpaired) electrons. The summed E-state index contributed by atoms with van der Waals surface area (Å²) in [5, 5.41) is 3.62. The normalized spacial score (nSPS) is 10.7. The van der Waals surface area contributed by atoms with E-state index >= 15 is 0 Å². The van der Waals surface area contributed by atoms with Gasteiger partial charge >= 0.3 is 0 Å². The van der Waals surface area contributed by atoms with E-state index < -0.39 is 0 Å². The Labute approximate surface area is 91.0 Å². The lowest BCUT2D eigenvalue weighted by atomic mass is 10.1. The molecule has 0 aliphatic heterocycles. The van der Waals surface area contributed by atoms with E-state index in [4.69, 9.17) is 34.8 Å². The first-order valence-electron chi connectivity index (χ1n) is 3.72. The number of fused-ring (bicyclic) bond motifs is 1. The molecule has 0 saturated heterocycles. The first kappa shape index (κ1) is 9.14. The maximum atomic E-state index is 6.01. The van der Waals surface area contributed by atoms with Gasteiger partial charge in [-0.3, -0.25) is 0 Å². The summed E-state index contributed by atoms with van der Waals surface area (Å²) in [5.41, 5.74) is 0. The van der Waals surface area contributed by atoms with Crippen LogP contribution in [0.4, 0.5) is 0 Å². The van der Waals surface area contributed by atoms with Crippen molar-refractivity contribution in [1.82, 2.24) is 0 Å². The molecule has 0 aliphatic rings. The number of rotatable bonds is 0. The fourth-order valence-corrected chi connectivity index (χ4v) is 1.89. The van der Waals surface area contributed by atoms with Gasteiger partial charge in [-0.2, -0.15) is 0 Å². The van der Waals surface area contributed by atoms with Crippen LogP contribution in [0.15, 0.2) is 30.3 Å².